The third kappa shape index (κ3) is 3.80. The molecule has 0 radical (unpaired) electrons. The highest BCUT2D eigenvalue weighted by Gasteiger charge is 2.20. The Hall–Kier alpha value is -4.13. The van der Waals surface area contributed by atoms with Crippen LogP contribution in [0.4, 0.5) is 10.3 Å². The van der Waals surface area contributed by atoms with Crippen molar-refractivity contribution in [3.8, 4) is 22.4 Å². The van der Waals surface area contributed by atoms with Crippen molar-refractivity contribution in [3.05, 3.63) is 96.3 Å². The molecule has 0 unspecified atom stereocenters. The van der Waals surface area contributed by atoms with Gasteiger partial charge in [-0.2, -0.15) is 0 Å². The van der Waals surface area contributed by atoms with Gasteiger partial charge >= 0.3 is 0 Å². The summed E-state index contributed by atoms with van der Waals surface area (Å²) in [5.41, 5.74) is 11.3. The molecule has 32 heavy (non-hydrogen) atoms. The van der Waals surface area contributed by atoms with Crippen molar-refractivity contribution in [2.45, 2.75) is 19.3 Å². The van der Waals surface area contributed by atoms with Crippen LogP contribution in [0.3, 0.4) is 0 Å². The van der Waals surface area contributed by atoms with E-state index in [1.165, 1.54) is 17.7 Å². The Morgan fingerprint density at radius 2 is 1.56 bits per heavy atom. The number of aryl methyl sites for hydroxylation is 2. The zero-order chi connectivity index (χ0) is 21.9. The van der Waals surface area contributed by atoms with Crippen LogP contribution in [0, 0.1) is 5.82 Å². The van der Waals surface area contributed by atoms with Crippen molar-refractivity contribution in [1.29, 1.82) is 0 Å². The maximum Gasteiger partial charge on any atom is 0.227 e. The minimum atomic E-state index is -0.304. The molecule has 0 bridgehead atoms. The lowest BCUT2D eigenvalue weighted by Gasteiger charge is -2.15. The van der Waals surface area contributed by atoms with Gasteiger partial charge in [-0.25, -0.2) is 13.8 Å². The lowest BCUT2D eigenvalue weighted by atomic mass is 10.00. The monoisotopic (exact) mass is 424 g/mol. The number of fused-ring (bicyclic) bond motifs is 1. The molecule has 3 heterocycles. The average molecular weight is 424 g/mol. The van der Waals surface area contributed by atoms with Crippen LogP contribution in [0.25, 0.3) is 28.0 Å². The van der Waals surface area contributed by atoms with E-state index in [-0.39, 0.29) is 11.8 Å². The van der Waals surface area contributed by atoms with Crippen LogP contribution in [-0.4, -0.2) is 24.6 Å². The van der Waals surface area contributed by atoms with E-state index < -0.39 is 0 Å². The highest BCUT2D eigenvalue weighted by Crippen LogP contribution is 2.35. The van der Waals surface area contributed by atoms with Crippen molar-refractivity contribution < 1.29 is 4.39 Å². The van der Waals surface area contributed by atoms with Gasteiger partial charge in [-0.1, -0.05) is 42.5 Å². The summed E-state index contributed by atoms with van der Waals surface area (Å²) >= 11 is 0. The van der Waals surface area contributed by atoms with Gasteiger partial charge in [-0.3, -0.25) is 4.98 Å². The maximum absolute atomic E-state index is 13.6. The second-order valence-corrected chi connectivity index (χ2v) is 7.55. The van der Waals surface area contributed by atoms with E-state index in [0.29, 0.717) is 12.1 Å². The summed E-state index contributed by atoms with van der Waals surface area (Å²) in [7, 11) is 0. The highest BCUT2D eigenvalue weighted by atomic mass is 19.1. The number of hydrogen-bond donors (Lipinski definition) is 1. The number of hydrogen-bond acceptors (Lipinski definition) is 5. The molecule has 0 saturated heterocycles. The molecule has 0 aliphatic heterocycles. The van der Waals surface area contributed by atoms with E-state index in [0.717, 1.165) is 41.1 Å². The molecule has 7 heteroatoms. The van der Waals surface area contributed by atoms with Gasteiger partial charge in [0.1, 0.15) is 11.6 Å². The van der Waals surface area contributed by atoms with E-state index in [4.69, 9.17) is 10.7 Å². The molecule has 158 valence electrons. The largest absolute Gasteiger partial charge is 0.368 e. The summed E-state index contributed by atoms with van der Waals surface area (Å²) in [6.07, 6.45) is 5.98. The van der Waals surface area contributed by atoms with Crippen LogP contribution >= 0.6 is 0 Å². The fourth-order valence-corrected chi connectivity index (χ4v) is 3.92. The standard InChI is InChI=1S/C25H21FN6/c26-20-11-9-18(10-12-20)22-23(19-13-15-28-16-14-19)29-21(32-24(22)30-31-25(32)27)8-4-7-17-5-2-1-3-6-17/h1-3,5-6,9-16H,4,7-8H2,(H2,27,31). The second kappa shape index (κ2) is 8.55. The molecule has 0 aliphatic rings. The molecule has 6 nitrogen and oxygen atoms in total. The van der Waals surface area contributed by atoms with Crippen LogP contribution in [0.5, 0.6) is 0 Å². The fourth-order valence-electron chi connectivity index (χ4n) is 3.92. The number of nitrogen functional groups attached to an aromatic ring is 1. The molecule has 0 fully saturated rings. The number of nitrogens with zero attached hydrogens (tertiary/aromatic N) is 5. The highest BCUT2D eigenvalue weighted by molar-refractivity contribution is 5.90. The predicted octanol–water partition coefficient (Wildman–Crippen LogP) is 4.75. The third-order valence-electron chi connectivity index (χ3n) is 5.44. The lowest BCUT2D eigenvalue weighted by Crippen LogP contribution is -2.08. The Labute approximate surface area is 184 Å². The van der Waals surface area contributed by atoms with Crippen LogP contribution in [0.1, 0.15) is 17.8 Å². The normalized spacial score (nSPS) is 11.2. The predicted molar refractivity (Wildman–Crippen MR) is 122 cm³/mol. The molecule has 5 aromatic rings. The van der Waals surface area contributed by atoms with Crippen molar-refractivity contribution >= 4 is 11.6 Å². The van der Waals surface area contributed by atoms with E-state index in [9.17, 15) is 4.39 Å². The van der Waals surface area contributed by atoms with Gasteiger partial charge < -0.3 is 5.73 Å². The maximum atomic E-state index is 13.6. The Balaban J connectivity index is 1.64. The number of rotatable bonds is 6. The molecule has 0 saturated carbocycles. The third-order valence-corrected chi connectivity index (χ3v) is 5.44. The molecular weight excluding hydrogens is 403 g/mol. The van der Waals surface area contributed by atoms with Crippen molar-refractivity contribution in [3.63, 3.8) is 0 Å². The Bertz CT molecular complexity index is 1350. The number of nitrogens with two attached hydrogens (primary N) is 1. The summed E-state index contributed by atoms with van der Waals surface area (Å²) in [5.74, 6) is 0.768. The van der Waals surface area contributed by atoms with Gasteiger partial charge in [0.2, 0.25) is 5.95 Å². The van der Waals surface area contributed by atoms with Gasteiger partial charge in [-0.05, 0) is 48.2 Å². The van der Waals surface area contributed by atoms with E-state index in [2.05, 4.69) is 27.3 Å². The van der Waals surface area contributed by atoms with E-state index >= 15 is 0 Å². The topological polar surface area (TPSA) is 82.0 Å². The van der Waals surface area contributed by atoms with Crippen LogP contribution in [0.15, 0.2) is 79.1 Å². The van der Waals surface area contributed by atoms with Crippen molar-refractivity contribution in [1.82, 2.24) is 24.6 Å². The quantitative estimate of drug-likeness (QED) is 0.425. The zero-order valence-corrected chi connectivity index (χ0v) is 17.3. The lowest BCUT2D eigenvalue weighted by molar-refractivity contribution is 0.628. The summed E-state index contributed by atoms with van der Waals surface area (Å²) in [6, 6.07) is 20.4. The average Bonchev–Trinajstić information content (AvgIpc) is 3.22. The summed E-state index contributed by atoms with van der Waals surface area (Å²) in [6.45, 7) is 0. The van der Waals surface area contributed by atoms with Crippen LogP contribution in [-0.2, 0) is 12.8 Å². The van der Waals surface area contributed by atoms with Crippen LogP contribution in [0.2, 0.25) is 0 Å². The first-order chi connectivity index (χ1) is 15.7. The van der Waals surface area contributed by atoms with Crippen molar-refractivity contribution in [2.75, 3.05) is 5.73 Å². The molecule has 2 N–H and O–H groups in total. The summed E-state index contributed by atoms with van der Waals surface area (Å²) in [5, 5.41) is 8.49. The van der Waals surface area contributed by atoms with E-state index in [1.807, 2.05) is 30.3 Å². The Kier molecular flexibility index (Phi) is 5.29. The second-order valence-electron chi connectivity index (χ2n) is 7.55. The van der Waals surface area contributed by atoms with Gasteiger partial charge in [0, 0.05) is 24.4 Å². The molecule has 5 rings (SSSR count). The molecule has 0 atom stereocenters. The van der Waals surface area contributed by atoms with E-state index in [1.54, 1.807) is 28.9 Å². The van der Waals surface area contributed by atoms with Gasteiger partial charge in [-0.15, -0.1) is 10.2 Å². The smallest absolute Gasteiger partial charge is 0.227 e. The molecule has 2 aromatic carbocycles. The number of aromatic nitrogens is 5. The van der Waals surface area contributed by atoms with Gasteiger partial charge in [0.15, 0.2) is 5.65 Å². The number of anilines is 1. The first-order valence-corrected chi connectivity index (χ1v) is 10.4. The molecule has 3 aromatic heterocycles. The van der Waals surface area contributed by atoms with Crippen molar-refractivity contribution in [2.24, 2.45) is 0 Å². The minimum Gasteiger partial charge on any atom is -0.368 e. The number of benzene rings is 2. The minimum absolute atomic E-state index is 0.284. The van der Waals surface area contributed by atoms with Crippen LogP contribution < -0.4 is 5.73 Å². The summed E-state index contributed by atoms with van der Waals surface area (Å²) in [4.78, 5) is 9.14. The first kappa shape index (κ1) is 19.8. The Morgan fingerprint density at radius 1 is 0.812 bits per heavy atom. The molecule has 0 aliphatic carbocycles. The number of halogens is 1. The summed E-state index contributed by atoms with van der Waals surface area (Å²) < 4.78 is 15.4. The Morgan fingerprint density at radius 3 is 2.31 bits per heavy atom. The first-order valence-electron chi connectivity index (χ1n) is 10.4. The zero-order valence-electron chi connectivity index (χ0n) is 17.3. The van der Waals surface area contributed by atoms with Gasteiger partial charge in [0.05, 0.1) is 11.3 Å². The van der Waals surface area contributed by atoms with Gasteiger partial charge in [0.25, 0.3) is 0 Å². The molecule has 0 amide bonds. The molecule has 0 spiro atoms. The SMILES string of the molecule is Nc1nnc2c(-c3ccc(F)cc3)c(-c3ccncc3)nc(CCCc3ccccc3)n12. The molecular formula is C25H21FN6. The fraction of sp³-hybridized carbons (Fsp3) is 0.120. The number of pyridine rings is 1.